The molecule has 0 unspecified atom stereocenters. The van der Waals surface area contributed by atoms with Gasteiger partial charge in [0.05, 0.1) is 29.4 Å². The highest BCUT2D eigenvalue weighted by atomic mass is 16.6. The number of rotatable bonds is 6. The summed E-state index contributed by atoms with van der Waals surface area (Å²) in [6, 6.07) is 15.4. The number of fused-ring (bicyclic) bond motifs is 1. The minimum atomic E-state index is -0.455. The van der Waals surface area contributed by atoms with E-state index >= 15 is 0 Å². The van der Waals surface area contributed by atoms with Crippen LogP contribution in [0.5, 0.6) is 0 Å². The zero-order valence-corrected chi connectivity index (χ0v) is 19.3. The summed E-state index contributed by atoms with van der Waals surface area (Å²) < 4.78 is 12.5. The molecule has 1 amide bonds. The number of carbonyl (C=O) groups excluding carboxylic acids is 2. The van der Waals surface area contributed by atoms with Crippen LogP contribution in [0.2, 0.25) is 0 Å². The van der Waals surface area contributed by atoms with E-state index in [1.807, 2.05) is 43.3 Å². The minimum Gasteiger partial charge on any atom is -0.465 e. The van der Waals surface area contributed by atoms with Crippen molar-refractivity contribution < 1.29 is 19.1 Å². The van der Waals surface area contributed by atoms with E-state index in [1.54, 1.807) is 6.07 Å². The average molecular weight is 458 g/mol. The molecule has 3 aromatic rings. The fourth-order valence-electron chi connectivity index (χ4n) is 4.67. The number of benzene rings is 2. The second-order valence-corrected chi connectivity index (χ2v) is 9.16. The number of nitrogens with one attached hydrogen (secondary N) is 1. The molecule has 1 N–H and O–H groups in total. The van der Waals surface area contributed by atoms with Gasteiger partial charge in [0, 0.05) is 17.1 Å². The standard InChI is InChI=1S/C27H27N3O4/c1-16(17-6-7-17)34-27(32)29-20-11-8-18(9-12-20)25-23(15-28)22-13-10-19(26(31)33-2)14-24(22)30(25)21-4-3-5-21/h8-14,16-17,21H,3-7H2,1-2H3,(H,29,32)/t16-/m1/s1. The largest absolute Gasteiger partial charge is 0.465 e. The number of anilines is 1. The van der Waals surface area contributed by atoms with Crippen LogP contribution in [0.25, 0.3) is 22.2 Å². The lowest BCUT2D eigenvalue weighted by Gasteiger charge is -2.30. The van der Waals surface area contributed by atoms with Gasteiger partial charge >= 0.3 is 12.1 Å². The molecule has 0 bridgehead atoms. The predicted octanol–water partition coefficient (Wildman–Crippen LogP) is 6.04. The molecular formula is C27H27N3O4. The Morgan fingerprint density at radius 3 is 2.44 bits per heavy atom. The molecule has 5 rings (SSSR count). The second-order valence-electron chi connectivity index (χ2n) is 9.16. The lowest BCUT2D eigenvalue weighted by Crippen LogP contribution is -2.21. The van der Waals surface area contributed by atoms with Crippen molar-refractivity contribution in [2.24, 2.45) is 5.92 Å². The Labute approximate surface area is 198 Å². The van der Waals surface area contributed by atoms with Crippen molar-refractivity contribution in [2.75, 3.05) is 12.4 Å². The summed E-state index contributed by atoms with van der Waals surface area (Å²) in [5.41, 5.74) is 4.25. The average Bonchev–Trinajstić information content (AvgIpc) is 3.61. The number of aromatic nitrogens is 1. The van der Waals surface area contributed by atoms with Crippen molar-refractivity contribution >= 4 is 28.7 Å². The summed E-state index contributed by atoms with van der Waals surface area (Å²) in [5, 5.41) is 13.7. The third-order valence-corrected chi connectivity index (χ3v) is 6.96. The molecule has 34 heavy (non-hydrogen) atoms. The van der Waals surface area contributed by atoms with E-state index in [9.17, 15) is 14.9 Å². The summed E-state index contributed by atoms with van der Waals surface area (Å²) in [7, 11) is 1.36. The molecule has 7 nitrogen and oxygen atoms in total. The molecule has 2 fully saturated rings. The molecule has 2 aromatic carbocycles. The van der Waals surface area contributed by atoms with Crippen LogP contribution in [0.4, 0.5) is 10.5 Å². The number of esters is 1. The van der Waals surface area contributed by atoms with E-state index in [-0.39, 0.29) is 12.1 Å². The van der Waals surface area contributed by atoms with Gasteiger partial charge in [0.2, 0.25) is 0 Å². The van der Waals surface area contributed by atoms with Crippen molar-refractivity contribution in [2.45, 2.75) is 51.2 Å². The molecule has 2 aliphatic carbocycles. The van der Waals surface area contributed by atoms with Crippen LogP contribution in [0, 0.1) is 17.2 Å². The SMILES string of the molecule is COC(=O)c1ccc2c(C#N)c(-c3ccc(NC(=O)O[C@H](C)C4CC4)cc3)n(C3CCC3)c2c1. The first-order valence-corrected chi connectivity index (χ1v) is 11.7. The number of hydrogen-bond donors (Lipinski definition) is 1. The maximum absolute atomic E-state index is 12.2. The molecule has 1 heterocycles. The molecule has 0 radical (unpaired) electrons. The summed E-state index contributed by atoms with van der Waals surface area (Å²) in [4.78, 5) is 24.4. The van der Waals surface area contributed by atoms with Crippen LogP contribution < -0.4 is 5.32 Å². The predicted molar refractivity (Wildman–Crippen MR) is 129 cm³/mol. The maximum Gasteiger partial charge on any atom is 0.411 e. The molecule has 174 valence electrons. The molecule has 1 atom stereocenters. The fourth-order valence-corrected chi connectivity index (χ4v) is 4.67. The first-order valence-electron chi connectivity index (χ1n) is 11.7. The van der Waals surface area contributed by atoms with E-state index in [0.29, 0.717) is 22.7 Å². The van der Waals surface area contributed by atoms with E-state index in [0.717, 1.165) is 54.3 Å². The van der Waals surface area contributed by atoms with Crippen LogP contribution >= 0.6 is 0 Å². The number of methoxy groups -OCH3 is 1. The van der Waals surface area contributed by atoms with E-state index in [2.05, 4.69) is 16.0 Å². The van der Waals surface area contributed by atoms with Gasteiger partial charge in [0.25, 0.3) is 0 Å². The first-order chi connectivity index (χ1) is 16.5. The van der Waals surface area contributed by atoms with Gasteiger partial charge in [0.1, 0.15) is 12.2 Å². The van der Waals surface area contributed by atoms with E-state index in [1.165, 1.54) is 7.11 Å². The smallest absolute Gasteiger partial charge is 0.411 e. The van der Waals surface area contributed by atoms with Gasteiger partial charge in [-0.1, -0.05) is 18.2 Å². The Balaban J connectivity index is 1.50. The van der Waals surface area contributed by atoms with Gasteiger partial charge < -0.3 is 14.0 Å². The first kappa shape index (κ1) is 22.0. The number of ether oxygens (including phenoxy) is 2. The third kappa shape index (κ3) is 4.01. The number of nitriles is 1. The Kier molecular flexibility index (Phi) is 5.74. The Bertz CT molecular complexity index is 1290. The van der Waals surface area contributed by atoms with Crippen LogP contribution in [-0.4, -0.2) is 29.8 Å². The van der Waals surface area contributed by atoms with Gasteiger partial charge in [-0.2, -0.15) is 5.26 Å². The van der Waals surface area contributed by atoms with Crippen molar-refractivity contribution in [1.82, 2.24) is 4.57 Å². The molecule has 2 aliphatic rings. The zero-order valence-electron chi connectivity index (χ0n) is 19.3. The molecule has 2 saturated carbocycles. The fraction of sp³-hybridized carbons (Fsp3) is 0.370. The minimum absolute atomic E-state index is 0.0782. The highest BCUT2D eigenvalue weighted by molar-refractivity contribution is 6.00. The Hall–Kier alpha value is -3.79. The summed E-state index contributed by atoms with van der Waals surface area (Å²) in [6.07, 6.45) is 4.87. The van der Waals surface area contributed by atoms with Gasteiger partial charge in [-0.05, 0) is 74.8 Å². The maximum atomic E-state index is 12.2. The normalized spacial score (nSPS) is 16.4. The van der Waals surface area contributed by atoms with Crippen LogP contribution in [-0.2, 0) is 9.47 Å². The molecule has 0 spiro atoms. The number of nitrogens with zero attached hydrogens (tertiary/aromatic N) is 2. The van der Waals surface area contributed by atoms with E-state index < -0.39 is 12.1 Å². The molecule has 0 saturated heterocycles. The second kappa shape index (κ2) is 8.86. The van der Waals surface area contributed by atoms with Crippen molar-refractivity contribution in [3.8, 4) is 17.3 Å². The van der Waals surface area contributed by atoms with Crippen molar-refractivity contribution in [3.63, 3.8) is 0 Å². The number of carbonyl (C=O) groups is 2. The summed E-state index contributed by atoms with van der Waals surface area (Å²) in [5.74, 6) is 0.0762. The highest BCUT2D eigenvalue weighted by Crippen LogP contribution is 2.43. The lowest BCUT2D eigenvalue weighted by atomic mass is 9.92. The Morgan fingerprint density at radius 1 is 1.12 bits per heavy atom. The molecule has 0 aliphatic heterocycles. The van der Waals surface area contributed by atoms with Gasteiger partial charge in [-0.25, -0.2) is 9.59 Å². The van der Waals surface area contributed by atoms with Gasteiger partial charge in [-0.3, -0.25) is 5.32 Å². The third-order valence-electron chi connectivity index (χ3n) is 6.96. The van der Waals surface area contributed by atoms with Crippen LogP contribution in [0.15, 0.2) is 42.5 Å². The quantitative estimate of drug-likeness (QED) is 0.456. The lowest BCUT2D eigenvalue weighted by molar-refractivity contribution is 0.0600. The van der Waals surface area contributed by atoms with Crippen LogP contribution in [0.1, 0.15) is 61.0 Å². The van der Waals surface area contributed by atoms with Crippen molar-refractivity contribution in [1.29, 1.82) is 5.26 Å². The molecule has 1 aromatic heterocycles. The van der Waals surface area contributed by atoms with Crippen molar-refractivity contribution in [3.05, 3.63) is 53.6 Å². The zero-order chi connectivity index (χ0) is 23.8. The number of amides is 1. The number of hydrogen-bond acceptors (Lipinski definition) is 5. The Morgan fingerprint density at radius 2 is 1.85 bits per heavy atom. The molecule has 7 heteroatoms. The van der Waals surface area contributed by atoms with Gasteiger partial charge in [0.15, 0.2) is 0 Å². The monoisotopic (exact) mass is 457 g/mol. The highest BCUT2D eigenvalue weighted by Gasteiger charge is 2.31. The summed E-state index contributed by atoms with van der Waals surface area (Å²) in [6.45, 7) is 1.93. The van der Waals surface area contributed by atoms with E-state index in [4.69, 9.17) is 9.47 Å². The van der Waals surface area contributed by atoms with Crippen LogP contribution in [0.3, 0.4) is 0 Å². The topological polar surface area (TPSA) is 93.3 Å². The van der Waals surface area contributed by atoms with Gasteiger partial charge in [-0.15, -0.1) is 0 Å². The summed E-state index contributed by atoms with van der Waals surface area (Å²) >= 11 is 0. The molecular weight excluding hydrogens is 430 g/mol.